The van der Waals surface area contributed by atoms with Crippen LogP contribution in [0.15, 0.2) is 0 Å². The Bertz CT molecular complexity index is 131. The van der Waals surface area contributed by atoms with Crippen molar-refractivity contribution in [3.05, 3.63) is 0 Å². The molecule has 14 heavy (non-hydrogen) atoms. The minimum absolute atomic E-state index is 0.0221. The predicted octanol–water partition coefficient (Wildman–Crippen LogP) is 0.0788. The molecule has 0 unspecified atom stereocenters. The molecule has 0 heterocycles. The highest BCUT2D eigenvalue weighted by Crippen LogP contribution is 2.23. The van der Waals surface area contributed by atoms with Gasteiger partial charge in [-0.05, 0) is 12.8 Å². The highest BCUT2D eigenvalue weighted by Gasteiger charge is 2.24. The molecule has 0 saturated heterocycles. The number of nitrogens with zero attached hydrogens (tertiary/aromatic N) is 1. The molecule has 0 spiro atoms. The first kappa shape index (κ1) is 11.9. The Labute approximate surface area is 84.1 Å². The van der Waals surface area contributed by atoms with Crippen LogP contribution in [0, 0.1) is 0 Å². The lowest BCUT2D eigenvalue weighted by molar-refractivity contribution is -0.390. The average molecular weight is 205 g/mol. The quantitative estimate of drug-likeness (QED) is 0.576. The second kappa shape index (κ2) is 7.14. The maximum Gasteiger partial charge on any atom is 0.0942 e. The molecule has 0 bridgehead atoms. The molecule has 0 aromatic heterocycles. The minimum Gasteiger partial charge on any atom is -0.394 e. The Morgan fingerprint density at radius 3 is 1.93 bits per heavy atom. The Balaban J connectivity index is 2.26. The highest BCUT2D eigenvalue weighted by molar-refractivity contribution is 4.69. The monoisotopic (exact) mass is 205 g/mol. The minimum atomic E-state index is -0.0221. The predicted molar refractivity (Wildman–Crippen MR) is 50.2 cm³/mol. The molecular weight excluding hydrogens is 186 g/mol. The van der Waals surface area contributed by atoms with Crippen LogP contribution in [0.5, 0.6) is 0 Å². The van der Waals surface area contributed by atoms with Crippen LogP contribution in [-0.2, 0) is 9.68 Å². The molecule has 84 valence electrons. The molecule has 0 radical (unpaired) electrons. The van der Waals surface area contributed by atoms with Crippen LogP contribution in [0.3, 0.4) is 0 Å². The van der Waals surface area contributed by atoms with Gasteiger partial charge in [-0.1, -0.05) is 18.1 Å². The number of rotatable bonds is 7. The molecule has 2 N–H and O–H groups in total. The summed E-state index contributed by atoms with van der Waals surface area (Å²) in [4.78, 5) is 10.5. The summed E-state index contributed by atoms with van der Waals surface area (Å²) < 4.78 is 0. The lowest BCUT2D eigenvalue weighted by Gasteiger charge is -2.25. The van der Waals surface area contributed by atoms with E-state index >= 15 is 0 Å². The van der Waals surface area contributed by atoms with Crippen molar-refractivity contribution in [2.24, 2.45) is 0 Å². The van der Waals surface area contributed by atoms with Crippen LogP contribution in [0.25, 0.3) is 0 Å². The molecule has 0 aromatic carbocycles. The second-order valence-electron chi connectivity index (χ2n) is 3.34. The van der Waals surface area contributed by atoms with Gasteiger partial charge in [-0.2, -0.15) is 0 Å². The molecule has 1 aliphatic rings. The van der Waals surface area contributed by atoms with Gasteiger partial charge < -0.3 is 10.2 Å². The summed E-state index contributed by atoms with van der Waals surface area (Å²) in [5, 5.41) is 18.7. The summed E-state index contributed by atoms with van der Waals surface area (Å²) in [6, 6.07) is 0.271. The van der Waals surface area contributed by atoms with E-state index in [1.54, 1.807) is 0 Å². The number of aliphatic hydroxyl groups excluding tert-OH is 2. The molecular formula is C9H19NO4. The van der Waals surface area contributed by atoms with Gasteiger partial charge in [0, 0.05) is 0 Å². The zero-order valence-corrected chi connectivity index (χ0v) is 8.39. The fourth-order valence-electron chi connectivity index (χ4n) is 1.62. The number of aliphatic hydroxyl groups is 2. The van der Waals surface area contributed by atoms with Crippen LogP contribution in [0.2, 0.25) is 0 Å². The van der Waals surface area contributed by atoms with Gasteiger partial charge in [0.1, 0.15) is 0 Å². The van der Waals surface area contributed by atoms with Gasteiger partial charge in [0.2, 0.25) is 0 Å². The van der Waals surface area contributed by atoms with E-state index in [9.17, 15) is 0 Å². The van der Waals surface area contributed by atoms with Crippen molar-refractivity contribution in [3.63, 3.8) is 0 Å². The van der Waals surface area contributed by atoms with E-state index in [0.717, 1.165) is 12.8 Å². The van der Waals surface area contributed by atoms with Gasteiger partial charge >= 0.3 is 0 Å². The van der Waals surface area contributed by atoms with Gasteiger partial charge in [-0.3, -0.25) is 9.68 Å². The van der Waals surface area contributed by atoms with Gasteiger partial charge in [-0.25, -0.2) is 0 Å². The summed E-state index contributed by atoms with van der Waals surface area (Å²) in [6.07, 6.45) is 4.48. The van der Waals surface area contributed by atoms with Gasteiger partial charge in [0.15, 0.2) is 0 Å². The lowest BCUT2D eigenvalue weighted by Crippen LogP contribution is -2.35. The molecule has 0 aliphatic heterocycles. The SMILES string of the molecule is OCCON(OCCO)C1CCCC1. The third kappa shape index (κ3) is 3.89. The van der Waals surface area contributed by atoms with Gasteiger partial charge in [0.05, 0.1) is 32.5 Å². The van der Waals surface area contributed by atoms with Gasteiger partial charge in [0.25, 0.3) is 0 Å². The van der Waals surface area contributed by atoms with E-state index in [1.807, 2.05) is 0 Å². The summed E-state index contributed by atoms with van der Waals surface area (Å²) in [7, 11) is 0. The van der Waals surface area contributed by atoms with E-state index in [4.69, 9.17) is 19.9 Å². The molecule has 5 nitrogen and oxygen atoms in total. The topological polar surface area (TPSA) is 62.2 Å². The normalized spacial score (nSPS) is 18.2. The first-order valence-corrected chi connectivity index (χ1v) is 5.15. The zero-order chi connectivity index (χ0) is 10.2. The molecule has 1 aliphatic carbocycles. The van der Waals surface area contributed by atoms with Crippen molar-refractivity contribution in [1.29, 1.82) is 0 Å². The van der Waals surface area contributed by atoms with Crippen molar-refractivity contribution in [2.45, 2.75) is 31.7 Å². The number of hydroxylamine groups is 2. The first-order chi connectivity index (χ1) is 6.88. The van der Waals surface area contributed by atoms with E-state index < -0.39 is 0 Å². The summed E-state index contributed by atoms with van der Waals surface area (Å²) in [5.74, 6) is 0. The Morgan fingerprint density at radius 2 is 1.50 bits per heavy atom. The van der Waals surface area contributed by atoms with Crippen LogP contribution in [0.4, 0.5) is 0 Å². The van der Waals surface area contributed by atoms with Crippen molar-refractivity contribution < 1.29 is 19.9 Å². The molecule has 1 rings (SSSR count). The van der Waals surface area contributed by atoms with Crippen LogP contribution in [0.1, 0.15) is 25.7 Å². The molecule has 1 fully saturated rings. The maximum absolute atomic E-state index is 8.63. The largest absolute Gasteiger partial charge is 0.394 e. The number of hydrogen-bond acceptors (Lipinski definition) is 5. The lowest BCUT2D eigenvalue weighted by atomic mass is 10.3. The molecule has 1 saturated carbocycles. The van der Waals surface area contributed by atoms with Gasteiger partial charge in [-0.15, -0.1) is 0 Å². The third-order valence-corrected chi connectivity index (χ3v) is 2.24. The summed E-state index contributed by atoms with van der Waals surface area (Å²) in [6.45, 7) is 0.432. The fraction of sp³-hybridized carbons (Fsp3) is 1.00. The van der Waals surface area contributed by atoms with Crippen molar-refractivity contribution in [1.82, 2.24) is 5.23 Å². The van der Waals surface area contributed by atoms with Crippen molar-refractivity contribution in [2.75, 3.05) is 26.4 Å². The molecule has 5 heteroatoms. The van der Waals surface area contributed by atoms with Crippen LogP contribution < -0.4 is 0 Å². The third-order valence-electron chi connectivity index (χ3n) is 2.24. The maximum atomic E-state index is 8.63. The van der Waals surface area contributed by atoms with Crippen LogP contribution in [-0.4, -0.2) is 47.9 Å². The van der Waals surface area contributed by atoms with E-state index in [1.165, 1.54) is 18.1 Å². The number of hydrogen-bond donors (Lipinski definition) is 2. The summed E-state index contributed by atoms with van der Waals surface area (Å²) >= 11 is 0. The Kier molecular flexibility index (Phi) is 6.05. The van der Waals surface area contributed by atoms with E-state index in [2.05, 4.69) is 0 Å². The van der Waals surface area contributed by atoms with Crippen LogP contribution >= 0.6 is 0 Å². The van der Waals surface area contributed by atoms with E-state index in [-0.39, 0.29) is 32.5 Å². The average Bonchev–Trinajstić information content (AvgIpc) is 2.71. The highest BCUT2D eigenvalue weighted by atomic mass is 17.0. The van der Waals surface area contributed by atoms with Crippen molar-refractivity contribution >= 4 is 0 Å². The molecule has 0 aromatic rings. The standard InChI is InChI=1S/C9H19NO4/c11-5-7-13-10(14-8-6-12)9-3-1-2-4-9/h9,11-12H,1-8H2. The smallest absolute Gasteiger partial charge is 0.0942 e. The molecule has 0 atom stereocenters. The molecule has 0 amide bonds. The van der Waals surface area contributed by atoms with E-state index in [0.29, 0.717) is 0 Å². The Morgan fingerprint density at radius 1 is 1.00 bits per heavy atom. The zero-order valence-electron chi connectivity index (χ0n) is 8.39. The first-order valence-electron chi connectivity index (χ1n) is 5.15. The summed E-state index contributed by atoms with van der Waals surface area (Å²) in [5.41, 5.74) is 0. The Hall–Kier alpha value is -0.200. The fourth-order valence-corrected chi connectivity index (χ4v) is 1.62. The van der Waals surface area contributed by atoms with Crippen molar-refractivity contribution in [3.8, 4) is 0 Å². The second-order valence-corrected chi connectivity index (χ2v) is 3.34.